The van der Waals surface area contributed by atoms with Gasteiger partial charge < -0.3 is 4.74 Å². The Balaban J connectivity index is 1.80. The van der Waals surface area contributed by atoms with Gasteiger partial charge in [-0.05, 0) is 61.4 Å². The third-order valence-corrected chi connectivity index (χ3v) is 6.51. The first-order valence-corrected chi connectivity index (χ1v) is 10.7. The molecule has 7 heteroatoms. The number of pyridine rings is 1. The van der Waals surface area contributed by atoms with Crippen LogP contribution in [0.5, 0.6) is 0 Å². The maximum atomic E-state index is 13.5. The van der Waals surface area contributed by atoms with Crippen LogP contribution in [0.3, 0.4) is 0 Å². The summed E-state index contributed by atoms with van der Waals surface area (Å²) in [6, 6.07) is 13.0. The molecule has 1 aliphatic heterocycles. The molecule has 5 nitrogen and oxygen atoms in total. The number of aromatic nitrogens is 3. The Bertz CT molecular complexity index is 1390. The highest BCUT2D eigenvalue weighted by Gasteiger charge is 2.23. The van der Waals surface area contributed by atoms with Gasteiger partial charge in [-0.15, -0.1) is 0 Å². The van der Waals surface area contributed by atoms with Crippen molar-refractivity contribution in [3.05, 3.63) is 85.9 Å². The lowest BCUT2D eigenvalue weighted by Crippen LogP contribution is -2.27. The Kier molecular flexibility index (Phi) is 5.05. The molecule has 3 heterocycles. The van der Waals surface area contributed by atoms with Gasteiger partial charge in [0.2, 0.25) is 0 Å². The predicted molar refractivity (Wildman–Crippen MR) is 124 cm³/mol. The molecule has 0 N–H and O–H groups in total. The molecule has 0 atom stereocenters. The lowest BCUT2D eigenvalue weighted by atomic mass is 10.00. The number of hydrogen-bond acceptors (Lipinski definition) is 4. The zero-order chi connectivity index (χ0) is 21.7. The first kappa shape index (κ1) is 20.2. The quantitative estimate of drug-likeness (QED) is 0.413. The Morgan fingerprint density at radius 2 is 1.71 bits per heavy atom. The molecule has 0 aliphatic carbocycles. The van der Waals surface area contributed by atoms with Crippen LogP contribution < -0.4 is 5.56 Å². The number of fused-ring (bicyclic) bond motifs is 1. The van der Waals surface area contributed by atoms with Crippen LogP contribution in [-0.2, 0) is 4.74 Å². The van der Waals surface area contributed by atoms with Crippen molar-refractivity contribution in [2.24, 2.45) is 0 Å². The number of aryl methyl sites for hydroxylation is 2. The van der Waals surface area contributed by atoms with Crippen LogP contribution in [0.1, 0.15) is 22.7 Å². The summed E-state index contributed by atoms with van der Waals surface area (Å²) >= 11 is 12.4. The molecule has 2 aromatic heterocycles. The second-order valence-electron chi connectivity index (χ2n) is 7.85. The van der Waals surface area contributed by atoms with Crippen molar-refractivity contribution < 1.29 is 4.74 Å². The fourth-order valence-electron chi connectivity index (χ4n) is 3.73. The smallest absolute Gasteiger partial charge is 0.279 e. The Morgan fingerprint density at radius 1 is 0.968 bits per heavy atom. The molecule has 0 amide bonds. The molecular weight excluding hydrogens is 433 g/mol. The summed E-state index contributed by atoms with van der Waals surface area (Å²) in [7, 11) is 0. The second-order valence-corrected chi connectivity index (χ2v) is 8.66. The molecule has 4 aromatic rings. The fourth-order valence-corrected chi connectivity index (χ4v) is 4.03. The molecular formula is C24H19Cl2N3O2. The first-order chi connectivity index (χ1) is 14.9. The van der Waals surface area contributed by atoms with E-state index in [2.05, 4.69) is 4.98 Å². The molecule has 2 aromatic carbocycles. The minimum Gasteiger partial charge on any atom is -0.380 e. The summed E-state index contributed by atoms with van der Waals surface area (Å²) in [4.78, 5) is 17.9. The van der Waals surface area contributed by atoms with Crippen molar-refractivity contribution in [3.63, 3.8) is 0 Å². The number of rotatable bonds is 3. The Hall–Kier alpha value is -2.73. The van der Waals surface area contributed by atoms with Gasteiger partial charge in [0.05, 0.1) is 45.7 Å². The Labute approximate surface area is 189 Å². The van der Waals surface area contributed by atoms with E-state index in [1.54, 1.807) is 24.4 Å². The number of hydrogen-bond donors (Lipinski definition) is 0. The van der Waals surface area contributed by atoms with Gasteiger partial charge >= 0.3 is 0 Å². The van der Waals surface area contributed by atoms with E-state index in [4.69, 9.17) is 33.0 Å². The van der Waals surface area contributed by atoms with E-state index in [-0.39, 0.29) is 11.5 Å². The van der Waals surface area contributed by atoms with Crippen molar-refractivity contribution >= 4 is 34.0 Å². The lowest BCUT2D eigenvalue weighted by Gasteiger charge is -2.25. The topological polar surface area (TPSA) is 57.0 Å². The van der Waals surface area contributed by atoms with Gasteiger partial charge in [-0.2, -0.15) is 9.78 Å². The number of benzene rings is 2. The highest BCUT2D eigenvalue weighted by molar-refractivity contribution is 6.42. The highest BCUT2D eigenvalue weighted by Crippen LogP contribution is 2.32. The van der Waals surface area contributed by atoms with Gasteiger partial charge in [-0.1, -0.05) is 29.3 Å². The number of halogens is 2. The molecule has 0 saturated carbocycles. The molecule has 0 bridgehead atoms. The van der Waals surface area contributed by atoms with Crippen molar-refractivity contribution in [1.82, 2.24) is 14.8 Å². The van der Waals surface area contributed by atoms with E-state index in [9.17, 15) is 4.79 Å². The molecule has 1 aliphatic rings. The van der Waals surface area contributed by atoms with Gasteiger partial charge in [0.25, 0.3) is 5.56 Å². The lowest BCUT2D eigenvalue weighted by molar-refractivity contribution is 0.00671. The monoisotopic (exact) mass is 451 g/mol. The molecule has 5 rings (SSSR count). The fraction of sp³-hybridized carbons (Fsp3) is 0.208. The minimum absolute atomic E-state index is 0.177. The van der Waals surface area contributed by atoms with E-state index in [1.165, 1.54) is 4.68 Å². The number of nitrogens with zero attached hydrogens (tertiary/aromatic N) is 3. The highest BCUT2D eigenvalue weighted by atomic mass is 35.5. The van der Waals surface area contributed by atoms with Gasteiger partial charge in [0.15, 0.2) is 0 Å². The maximum absolute atomic E-state index is 13.5. The third-order valence-electron chi connectivity index (χ3n) is 5.77. The largest absolute Gasteiger partial charge is 0.380 e. The van der Waals surface area contributed by atoms with Crippen LogP contribution in [0.4, 0.5) is 0 Å². The zero-order valence-electron chi connectivity index (χ0n) is 17.0. The molecule has 0 spiro atoms. The molecule has 0 unspecified atom stereocenters. The Morgan fingerprint density at radius 3 is 2.39 bits per heavy atom. The van der Waals surface area contributed by atoms with Gasteiger partial charge in [-0.3, -0.25) is 9.78 Å². The minimum atomic E-state index is -0.177. The van der Waals surface area contributed by atoms with Crippen LogP contribution >= 0.6 is 23.2 Å². The van der Waals surface area contributed by atoms with Crippen molar-refractivity contribution in [2.75, 3.05) is 13.2 Å². The summed E-state index contributed by atoms with van der Waals surface area (Å²) in [6.07, 6.45) is 1.71. The van der Waals surface area contributed by atoms with E-state index < -0.39 is 0 Å². The van der Waals surface area contributed by atoms with Gasteiger partial charge in [0, 0.05) is 23.1 Å². The summed E-state index contributed by atoms with van der Waals surface area (Å²) < 4.78 is 6.74. The predicted octanol–water partition coefficient (Wildman–Crippen LogP) is 5.49. The van der Waals surface area contributed by atoms with Crippen LogP contribution in [0.15, 0.2) is 53.5 Å². The molecule has 156 valence electrons. The summed E-state index contributed by atoms with van der Waals surface area (Å²) in [5.41, 5.74) is 4.98. The standard InChI is InChI=1S/C24H19Cl2N3O2/c1-13-7-18-19(8-14(13)2)24(30)29(17-5-6-27-22(10-17)16-11-31-12-16)28-23(18)15-3-4-20(25)21(26)9-15/h3-10,16H,11-12H2,1-2H3. The van der Waals surface area contributed by atoms with Crippen LogP contribution in [0, 0.1) is 13.8 Å². The maximum Gasteiger partial charge on any atom is 0.279 e. The van der Waals surface area contributed by atoms with Crippen molar-refractivity contribution in [1.29, 1.82) is 0 Å². The van der Waals surface area contributed by atoms with E-state index in [0.29, 0.717) is 40.0 Å². The second kappa shape index (κ2) is 7.75. The SMILES string of the molecule is Cc1cc2c(-c3ccc(Cl)c(Cl)c3)nn(-c3ccnc(C4COC4)c3)c(=O)c2cc1C. The van der Waals surface area contributed by atoms with Gasteiger partial charge in [-0.25, -0.2) is 0 Å². The first-order valence-electron chi connectivity index (χ1n) is 9.96. The zero-order valence-corrected chi connectivity index (χ0v) is 18.5. The van der Waals surface area contributed by atoms with Crippen molar-refractivity contribution in [2.45, 2.75) is 19.8 Å². The summed E-state index contributed by atoms with van der Waals surface area (Å²) in [6.45, 7) is 5.31. The number of ether oxygens (including phenoxy) is 1. The van der Waals surface area contributed by atoms with E-state index in [0.717, 1.165) is 27.8 Å². The van der Waals surface area contributed by atoms with Crippen LogP contribution in [0.25, 0.3) is 27.7 Å². The average molecular weight is 452 g/mol. The molecule has 1 saturated heterocycles. The van der Waals surface area contributed by atoms with E-state index in [1.807, 2.05) is 38.1 Å². The summed E-state index contributed by atoms with van der Waals surface area (Å²) in [5.74, 6) is 0.246. The van der Waals surface area contributed by atoms with Crippen LogP contribution in [-0.4, -0.2) is 28.0 Å². The van der Waals surface area contributed by atoms with Crippen LogP contribution in [0.2, 0.25) is 10.0 Å². The normalized spacial score (nSPS) is 14.1. The summed E-state index contributed by atoms with van der Waals surface area (Å²) in [5, 5.41) is 7.06. The van der Waals surface area contributed by atoms with Crippen molar-refractivity contribution in [3.8, 4) is 16.9 Å². The molecule has 1 fully saturated rings. The van der Waals surface area contributed by atoms with Gasteiger partial charge in [0.1, 0.15) is 0 Å². The average Bonchev–Trinajstić information content (AvgIpc) is 2.71. The third kappa shape index (κ3) is 3.53. The molecule has 31 heavy (non-hydrogen) atoms. The molecule has 0 radical (unpaired) electrons. The van der Waals surface area contributed by atoms with E-state index >= 15 is 0 Å².